The zero-order valence-electron chi connectivity index (χ0n) is 19.5. The lowest BCUT2D eigenvalue weighted by Crippen LogP contribution is -2.44. The third kappa shape index (κ3) is 4.55. The number of methoxy groups -OCH3 is 1. The molecule has 180 valence electrons. The fourth-order valence-electron chi connectivity index (χ4n) is 3.87. The SMILES string of the molecule is COCCN1C(=O)C(C#N)=C(C)/C(=C\c2cn(-c3ccccc3)nc2-c2cccc([N+](=O)[O-])c2)C1=O. The van der Waals surface area contributed by atoms with Gasteiger partial charge in [0.15, 0.2) is 0 Å². The third-order valence-corrected chi connectivity index (χ3v) is 5.74. The van der Waals surface area contributed by atoms with Gasteiger partial charge in [0.25, 0.3) is 17.5 Å². The summed E-state index contributed by atoms with van der Waals surface area (Å²) in [4.78, 5) is 37.9. The first-order valence-electron chi connectivity index (χ1n) is 10.9. The normalized spacial score (nSPS) is 14.9. The number of nitrogens with zero attached hydrogens (tertiary/aromatic N) is 5. The molecule has 2 aromatic carbocycles. The van der Waals surface area contributed by atoms with Crippen LogP contribution in [0, 0.1) is 21.4 Å². The lowest BCUT2D eigenvalue weighted by molar-refractivity contribution is -0.384. The van der Waals surface area contributed by atoms with Gasteiger partial charge >= 0.3 is 0 Å². The van der Waals surface area contributed by atoms with Crippen LogP contribution in [0.5, 0.6) is 0 Å². The number of nitro benzene ring substituents is 1. The largest absolute Gasteiger partial charge is 0.383 e. The number of aromatic nitrogens is 2. The lowest BCUT2D eigenvalue weighted by Gasteiger charge is -2.27. The number of para-hydroxylation sites is 1. The molecule has 36 heavy (non-hydrogen) atoms. The number of benzene rings is 2. The second kappa shape index (κ2) is 10.2. The van der Waals surface area contributed by atoms with Crippen LogP contribution >= 0.6 is 0 Å². The van der Waals surface area contributed by atoms with E-state index < -0.39 is 16.7 Å². The molecule has 4 rings (SSSR count). The molecule has 0 aliphatic carbocycles. The van der Waals surface area contributed by atoms with Gasteiger partial charge in [0.2, 0.25) is 0 Å². The van der Waals surface area contributed by atoms with E-state index in [0.29, 0.717) is 16.8 Å². The van der Waals surface area contributed by atoms with Crippen molar-refractivity contribution in [1.29, 1.82) is 5.26 Å². The smallest absolute Gasteiger partial charge is 0.271 e. The highest BCUT2D eigenvalue weighted by Gasteiger charge is 2.35. The molecule has 0 saturated heterocycles. The minimum Gasteiger partial charge on any atom is -0.383 e. The Morgan fingerprint density at radius 1 is 1.14 bits per heavy atom. The van der Waals surface area contributed by atoms with Gasteiger partial charge in [-0.1, -0.05) is 30.3 Å². The molecule has 1 aliphatic rings. The Morgan fingerprint density at radius 2 is 1.89 bits per heavy atom. The third-order valence-electron chi connectivity index (χ3n) is 5.74. The van der Waals surface area contributed by atoms with E-state index >= 15 is 0 Å². The van der Waals surface area contributed by atoms with Gasteiger partial charge in [0.1, 0.15) is 17.3 Å². The molecule has 0 N–H and O–H groups in total. The zero-order chi connectivity index (χ0) is 25.8. The van der Waals surface area contributed by atoms with Crippen LogP contribution in [-0.4, -0.2) is 51.7 Å². The summed E-state index contributed by atoms with van der Waals surface area (Å²) in [5, 5.41) is 25.6. The summed E-state index contributed by atoms with van der Waals surface area (Å²) in [7, 11) is 1.45. The van der Waals surface area contributed by atoms with Gasteiger partial charge in [-0.3, -0.25) is 24.6 Å². The fourth-order valence-corrected chi connectivity index (χ4v) is 3.87. The first-order valence-corrected chi connectivity index (χ1v) is 10.9. The maximum atomic E-state index is 13.3. The van der Waals surface area contributed by atoms with Crippen molar-refractivity contribution in [1.82, 2.24) is 14.7 Å². The Balaban J connectivity index is 1.92. The van der Waals surface area contributed by atoms with Gasteiger partial charge in [-0.15, -0.1) is 0 Å². The minimum absolute atomic E-state index is 0.00895. The second-order valence-corrected chi connectivity index (χ2v) is 7.95. The van der Waals surface area contributed by atoms with Gasteiger partial charge in [-0.05, 0) is 30.7 Å². The molecule has 0 radical (unpaired) electrons. The van der Waals surface area contributed by atoms with Crippen molar-refractivity contribution in [3.05, 3.63) is 93.2 Å². The summed E-state index contributed by atoms with van der Waals surface area (Å²) >= 11 is 0. The maximum Gasteiger partial charge on any atom is 0.271 e. The number of carbonyl (C=O) groups excluding carboxylic acids is 2. The summed E-state index contributed by atoms with van der Waals surface area (Å²) in [5.41, 5.74) is 2.27. The molecule has 10 nitrogen and oxygen atoms in total. The summed E-state index contributed by atoms with van der Waals surface area (Å²) in [5.74, 6) is -1.24. The Morgan fingerprint density at radius 3 is 2.56 bits per heavy atom. The number of ether oxygens (including phenoxy) is 1. The van der Waals surface area contributed by atoms with Crippen LogP contribution in [0.4, 0.5) is 5.69 Å². The fraction of sp³-hybridized carbons (Fsp3) is 0.154. The molecule has 0 atom stereocenters. The molecule has 10 heteroatoms. The molecule has 2 amide bonds. The first-order chi connectivity index (χ1) is 17.3. The van der Waals surface area contributed by atoms with Crippen molar-refractivity contribution >= 4 is 23.6 Å². The zero-order valence-corrected chi connectivity index (χ0v) is 19.5. The van der Waals surface area contributed by atoms with E-state index in [0.717, 1.165) is 10.6 Å². The number of nitro groups is 1. The number of carbonyl (C=O) groups is 2. The molecular formula is C26H21N5O5. The number of amides is 2. The van der Waals surface area contributed by atoms with E-state index in [1.807, 2.05) is 36.4 Å². The van der Waals surface area contributed by atoms with Crippen LogP contribution in [0.1, 0.15) is 12.5 Å². The highest BCUT2D eigenvalue weighted by Crippen LogP contribution is 2.32. The highest BCUT2D eigenvalue weighted by molar-refractivity contribution is 6.19. The number of imide groups is 1. The number of nitriles is 1. The van der Waals surface area contributed by atoms with Gasteiger partial charge in [-0.25, -0.2) is 4.68 Å². The molecular weight excluding hydrogens is 462 g/mol. The first kappa shape index (κ1) is 24.3. The van der Waals surface area contributed by atoms with Crippen molar-refractivity contribution in [3.8, 4) is 23.0 Å². The lowest BCUT2D eigenvalue weighted by atomic mass is 9.93. The van der Waals surface area contributed by atoms with Crippen molar-refractivity contribution < 1.29 is 19.2 Å². The molecule has 0 unspecified atom stereocenters. The van der Waals surface area contributed by atoms with Crippen LogP contribution in [-0.2, 0) is 14.3 Å². The summed E-state index contributed by atoms with van der Waals surface area (Å²) in [6, 6.07) is 17.2. The van der Waals surface area contributed by atoms with Crippen molar-refractivity contribution in [2.75, 3.05) is 20.3 Å². The molecule has 0 spiro atoms. The molecule has 0 fully saturated rings. The summed E-state index contributed by atoms with van der Waals surface area (Å²) < 4.78 is 6.62. The van der Waals surface area contributed by atoms with E-state index in [-0.39, 0.29) is 35.6 Å². The summed E-state index contributed by atoms with van der Waals surface area (Å²) in [6.45, 7) is 1.65. The predicted molar refractivity (Wildman–Crippen MR) is 131 cm³/mol. The van der Waals surface area contributed by atoms with Gasteiger partial charge in [0, 0.05) is 42.1 Å². The Bertz CT molecular complexity index is 1460. The van der Waals surface area contributed by atoms with Gasteiger partial charge in [0.05, 0.1) is 23.8 Å². The molecule has 1 aromatic heterocycles. The van der Waals surface area contributed by atoms with Crippen molar-refractivity contribution in [3.63, 3.8) is 0 Å². The maximum absolute atomic E-state index is 13.3. The van der Waals surface area contributed by atoms with Gasteiger partial charge in [-0.2, -0.15) is 10.4 Å². The Labute approximate surface area is 206 Å². The van der Waals surface area contributed by atoms with Crippen LogP contribution in [0.2, 0.25) is 0 Å². The summed E-state index contributed by atoms with van der Waals surface area (Å²) in [6.07, 6.45) is 3.25. The predicted octanol–water partition coefficient (Wildman–Crippen LogP) is 3.69. The molecule has 0 bridgehead atoms. The van der Waals surface area contributed by atoms with Crippen LogP contribution in [0.25, 0.3) is 23.0 Å². The Kier molecular flexibility index (Phi) is 6.85. The average Bonchev–Trinajstić information content (AvgIpc) is 3.31. The number of hydrogen-bond donors (Lipinski definition) is 0. The molecule has 1 aliphatic heterocycles. The van der Waals surface area contributed by atoms with Crippen molar-refractivity contribution in [2.45, 2.75) is 6.92 Å². The quantitative estimate of drug-likeness (QED) is 0.217. The van der Waals surface area contributed by atoms with E-state index in [9.17, 15) is 25.0 Å². The average molecular weight is 483 g/mol. The van der Waals surface area contributed by atoms with Crippen LogP contribution in [0.15, 0.2) is 77.5 Å². The van der Waals surface area contributed by atoms with Crippen molar-refractivity contribution in [2.24, 2.45) is 0 Å². The second-order valence-electron chi connectivity index (χ2n) is 7.95. The molecule has 2 heterocycles. The Hall–Kier alpha value is -4.88. The van der Waals surface area contributed by atoms with E-state index in [1.54, 1.807) is 36.0 Å². The topological polar surface area (TPSA) is 131 Å². The van der Waals surface area contributed by atoms with E-state index in [1.165, 1.54) is 19.2 Å². The van der Waals surface area contributed by atoms with Crippen LogP contribution in [0.3, 0.4) is 0 Å². The molecule has 3 aromatic rings. The highest BCUT2D eigenvalue weighted by atomic mass is 16.6. The monoisotopic (exact) mass is 483 g/mol. The van der Waals surface area contributed by atoms with Gasteiger partial charge < -0.3 is 4.74 Å². The molecule has 0 saturated carbocycles. The number of rotatable bonds is 7. The standard InChI is InChI=1S/C26H21N5O5/c1-17-22(25(32)29(11-12-36-2)26(33)23(17)15-27)14-19-16-30(20-8-4-3-5-9-20)28-24(19)18-7-6-10-21(13-18)31(34)35/h3-10,13-14,16H,11-12H2,1-2H3/b22-14+. The number of hydrogen-bond acceptors (Lipinski definition) is 7. The van der Waals surface area contributed by atoms with Crippen LogP contribution < -0.4 is 0 Å². The van der Waals surface area contributed by atoms with E-state index in [2.05, 4.69) is 5.10 Å². The minimum atomic E-state index is -0.673. The van der Waals surface area contributed by atoms with E-state index in [4.69, 9.17) is 4.74 Å². The number of non-ortho nitro benzene ring substituents is 1.